The summed E-state index contributed by atoms with van der Waals surface area (Å²) in [7, 11) is 0. The molecule has 2 heteroatoms. The Morgan fingerprint density at radius 2 is 2.23 bits per heavy atom. The molecule has 0 unspecified atom stereocenters. The molecule has 0 aromatic heterocycles. The van der Waals surface area contributed by atoms with E-state index in [0.717, 1.165) is 0 Å². The monoisotopic (exact) mass is 178 g/mol. The van der Waals surface area contributed by atoms with E-state index in [0.29, 0.717) is 12.0 Å². The number of phenolic OH excluding ortho intramolecular Hbond substituents is 1. The van der Waals surface area contributed by atoms with Gasteiger partial charge in [-0.25, -0.2) is 0 Å². The van der Waals surface area contributed by atoms with Gasteiger partial charge in [0, 0.05) is 0 Å². The number of hydrogen-bond acceptors (Lipinski definition) is 2. The predicted octanol–water partition coefficient (Wildman–Crippen LogP) is 2.18. The van der Waals surface area contributed by atoms with E-state index in [1.807, 2.05) is 0 Å². The van der Waals surface area contributed by atoms with Crippen LogP contribution in [-0.4, -0.2) is 10.2 Å². The van der Waals surface area contributed by atoms with E-state index in [2.05, 4.69) is 6.58 Å². The highest BCUT2D eigenvalue weighted by Crippen LogP contribution is 2.26. The largest absolute Gasteiger partial charge is 0.508 e. The zero-order valence-corrected chi connectivity index (χ0v) is 7.70. The minimum atomic E-state index is -0.944. The van der Waals surface area contributed by atoms with Crippen LogP contribution in [0.3, 0.4) is 0 Å². The van der Waals surface area contributed by atoms with Gasteiger partial charge in [-0.3, -0.25) is 0 Å². The van der Waals surface area contributed by atoms with Crippen LogP contribution in [0.1, 0.15) is 18.9 Å². The minimum absolute atomic E-state index is 0.168. The van der Waals surface area contributed by atoms with Crippen LogP contribution in [0.5, 0.6) is 5.75 Å². The van der Waals surface area contributed by atoms with Gasteiger partial charge >= 0.3 is 0 Å². The quantitative estimate of drug-likeness (QED) is 0.696. The maximum Gasteiger partial charge on any atom is 0.115 e. The second-order valence-electron chi connectivity index (χ2n) is 3.32. The van der Waals surface area contributed by atoms with Crippen LogP contribution in [0.4, 0.5) is 0 Å². The molecule has 1 rings (SSSR count). The SMILES string of the molecule is C=CC[C@](C)(O)c1cccc(O)c1. The number of aromatic hydroxyl groups is 1. The van der Waals surface area contributed by atoms with Crippen molar-refractivity contribution < 1.29 is 10.2 Å². The van der Waals surface area contributed by atoms with Crippen molar-refractivity contribution in [3.05, 3.63) is 42.5 Å². The van der Waals surface area contributed by atoms with E-state index in [4.69, 9.17) is 0 Å². The molecular formula is C11H14O2. The molecule has 0 aliphatic rings. The van der Waals surface area contributed by atoms with Crippen LogP contribution in [0.25, 0.3) is 0 Å². The number of benzene rings is 1. The maximum atomic E-state index is 9.93. The predicted molar refractivity (Wildman–Crippen MR) is 52.5 cm³/mol. The Morgan fingerprint density at radius 3 is 2.77 bits per heavy atom. The third-order valence-corrected chi connectivity index (χ3v) is 2.01. The molecule has 0 saturated heterocycles. The zero-order chi connectivity index (χ0) is 9.90. The van der Waals surface area contributed by atoms with Gasteiger partial charge in [0.15, 0.2) is 0 Å². The lowest BCUT2D eigenvalue weighted by atomic mass is 9.92. The van der Waals surface area contributed by atoms with Gasteiger partial charge in [0.05, 0.1) is 5.60 Å². The molecule has 0 saturated carbocycles. The van der Waals surface area contributed by atoms with Crippen molar-refractivity contribution in [1.82, 2.24) is 0 Å². The van der Waals surface area contributed by atoms with Crippen LogP contribution >= 0.6 is 0 Å². The van der Waals surface area contributed by atoms with Crippen LogP contribution in [0.2, 0.25) is 0 Å². The molecule has 0 spiro atoms. The average molecular weight is 178 g/mol. The van der Waals surface area contributed by atoms with E-state index in [-0.39, 0.29) is 5.75 Å². The molecule has 0 bridgehead atoms. The summed E-state index contributed by atoms with van der Waals surface area (Å²) in [5.74, 6) is 0.168. The number of rotatable bonds is 3. The summed E-state index contributed by atoms with van der Waals surface area (Å²) in [6.07, 6.45) is 2.13. The number of aliphatic hydroxyl groups is 1. The van der Waals surface area contributed by atoms with Gasteiger partial charge in [-0.05, 0) is 31.0 Å². The molecule has 0 aliphatic carbocycles. The molecule has 2 N–H and O–H groups in total. The van der Waals surface area contributed by atoms with Crippen molar-refractivity contribution in [2.75, 3.05) is 0 Å². The van der Waals surface area contributed by atoms with E-state index in [1.54, 1.807) is 37.3 Å². The van der Waals surface area contributed by atoms with Crippen molar-refractivity contribution in [2.24, 2.45) is 0 Å². The van der Waals surface area contributed by atoms with Gasteiger partial charge < -0.3 is 10.2 Å². The molecule has 70 valence electrons. The Balaban J connectivity index is 2.99. The summed E-state index contributed by atoms with van der Waals surface area (Å²) in [6, 6.07) is 6.63. The van der Waals surface area contributed by atoms with Crippen LogP contribution in [0, 0.1) is 0 Å². The second-order valence-corrected chi connectivity index (χ2v) is 3.32. The summed E-state index contributed by atoms with van der Waals surface area (Å²) in [5, 5.41) is 19.1. The van der Waals surface area contributed by atoms with Crippen LogP contribution < -0.4 is 0 Å². The van der Waals surface area contributed by atoms with Crippen LogP contribution in [-0.2, 0) is 5.60 Å². The lowest BCUT2D eigenvalue weighted by molar-refractivity contribution is 0.0604. The van der Waals surface area contributed by atoms with Gasteiger partial charge in [0.2, 0.25) is 0 Å². The fourth-order valence-corrected chi connectivity index (χ4v) is 1.24. The first-order chi connectivity index (χ1) is 6.06. The van der Waals surface area contributed by atoms with Gasteiger partial charge in [-0.2, -0.15) is 0 Å². The van der Waals surface area contributed by atoms with Crippen LogP contribution in [0.15, 0.2) is 36.9 Å². The summed E-state index contributed by atoms with van der Waals surface area (Å²) in [5.41, 5.74) is -0.243. The molecule has 1 aromatic carbocycles. The van der Waals surface area contributed by atoms with Crippen molar-refractivity contribution in [3.63, 3.8) is 0 Å². The molecule has 13 heavy (non-hydrogen) atoms. The zero-order valence-electron chi connectivity index (χ0n) is 7.70. The molecule has 1 aromatic rings. The second kappa shape index (κ2) is 3.62. The highest BCUT2D eigenvalue weighted by molar-refractivity contribution is 5.31. The normalized spacial score (nSPS) is 14.9. The first-order valence-electron chi connectivity index (χ1n) is 4.19. The van der Waals surface area contributed by atoms with Gasteiger partial charge in [-0.1, -0.05) is 18.2 Å². The standard InChI is InChI=1S/C11H14O2/c1-3-7-11(2,13)9-5-4-6-10(12)8-9/h3-6,8,12-13H,1,7H2,2H3/t11-/m0/s1. The molecule has 0 heterocycles. The van der Waals surface area contributed by atoms with E-state index < -0.39 is 5.60 Å². The fraction of sp³-hybridized carbons (Fsp3) is 0.273. The lowest BCUT2D eigenvalue weighted by Crippen LogP contribution is -2.19. The Kier molecular flexibility index (Phi) is 2.73. The lowest BCUT2D eigenvalue weighted by Gasteiger charge is -2.22. The number of hydrogen-bond donors (Lipinski definition) is 2. The van der Waals surface area contributed by atoms with Gasteiger partial charge in [0.1, 0.15) is 5.75 Å². The van der Waals surface area contributed by atoms with Gasteiger partial charge in [0.25, 0.3) is 0 Å². The summed E-state index contributed by atoms with van der Waals surface area (Å²) in [6.45, 7) is 5.27. The van der Waals surface area contributed by atoms with Crippen molar-refractivity contribution in [2.45, 2.75) is 18.9 Å². The Labute approximate surface area is 78.2 Å². The Morgan fingerprint density at radius 1 is 1.54 bits per heavy atom. The summed E-state index contributed by atoms with van der Waals surface area (Å²) in [4.78, 5) is 0. The minimum Gasteiger partial charge on any atom is -0.508 e. The summed E-state index contributed by atoms with van der Waals surface area (Å²) < 4.78 is 0. The Hall–Kier alpha value is -1.28. The third-order valence-electron chi connectivity index (χ3n) is 2.01. The van der Waals surface area contributed by atoms with E-state index >= 15 is 0 Å². The van der Waals surface area contributed by atoms with Gasteiger partial charge in [-0.15, -0.1) is 6.58 Å². The topological polar surface area (TPSA) is 40.5 Å². The smallest absolute Gasteiger partial charge is 0.115 e. The highest BCUT2D eigenvalue weighted by atomic mass is 16.3. The molecule has 0 radical (unpaired) electrons. The molecule has 1 atom stereocenters. The molecule has 0 fully saturated rings. The Bertz CT molecular complexity index is 303. The first-order valence-corrected chi connectivity index (χ1v) is 4.19. The third kappa shape index (κ3) is 2.33. The van der Waals surface area contributed by atoms with Crippen molar-refractivity contribution in [1.29, 1.82) is 0 Å². The fourth-order valence-electron chi connectivity index (χ4n) is 1.24. The maximum absolute atomic E-state index is 9.93. The molecule has 2 nitrogen and oxygen atoms in total. The van der Waals surface area contributed by atoms with Crippen molar-refractivity contribution >= 4 is 0 Å². The average Bonchev–Trinajstić information content (AvgIpc) is 2.04. The summed E-state index contributed by atoms with van der Waals surface area (Å²) >= 11 is 0. The molecule has 0 amide bonds. The molecule has 0 aliphatic heterocycles. The van der Waals surface area contributed by atoms with E-state index in [9.17, 15) is 10.2 Å². The molecular weight excluding hydrogens is 164 g/mol. The first kappa shape index (κ1) is 9.81. The number of phenols is 1. The van der Waals surface area contributed by atoms with Crippen molar-refractivity contribution in [3.8, 4) is 5.75 Å². The highest BCUT2D eigenvalue weighted by Gasteiger charge is 2.21. The van der Waals surface area contributed by atoms with E-state index in [1.165, 1.54) is 0 Å².